The third-order valence-corrected chi connectivity index (χ3v) is 8.27. The molecule has 0 aromatic heterocycles. The highest BCUT2D eigenvalue weighted by Gasteiger charge is 2.26. The minimum Gasteiger partial charge on any atom is -0.493 e. The summed E-state index contributed by atoms with van der Waals surface area (Å²) in [4.78, 5) is 13.0. The Hall–Kier alpha value is -2.19. The summed E-state index contributed by atoms with van der Waals surface area (Å²) < 4.78 is 62.5. The predicted octanol–water partition coefficient (Wildman–Crippen LogP) is 2.59. The number of methoxy groups -OCH3 is 2. The fraction of sp³-hybridized carbons (Fsp3) is 0.316. The minimum atomic E-state index is -4.21. The van der Waals surface area contributed by atoms with Crippen molar-refractivity contribution in [2.24, 2.45) is 0 Å². The average molecular weight is 536 g/mol. The van der Waals surface area contributed by atoms with Crippen molar-refractivity contribution >= 4 is 59.0 Å². The molecular formula is C19H22ClN3O7S3. The Kier molecular flexibility index (Phi) is 8.00. The van der Waals surface area contributed by atoms with Crippen LogP contribution < -0.4 is 19.5 Å². The summed E-state index contributed by atoms with van der Waals surface area (Å²) in [5.74, 6) is 1.19. The Morgan fingerprint density at radius 1 is 1.00 bits per heavy atom. The first-order chi connectivity index (χ1) is 15.5. The number of hydrogen-bond donors (Lipinski definition) is 2. The van der Waals surface area contributed by atoms with Crippen LogP contribution in [0.4, 0.5) is 11.4 Å². The van der Waals surface area contributed by atoms with Crippen LogP contribution in [-0.2, 0) is 19.3 Å². The van der Waals surface area contributed by atoms with Gasteiger partial charge in [0.25, 0.3) is 5.91 Å². The molecule has 1 aliphatic rings. The number of benzene rings is 2. The van der Waals surface area contributed by atoms with E-state index in [1.54, 1.807) is 11.8 Å². The van der Waals surface area contributed by atoms with Crippen molar-refractivity contribution in [3.63, 3.8) is 0 Å². The van der Waals surface area contributed by atoms with E-state index in [0.717, 1.165) is 11.5 Å². The number of carbonyl (C=O) groups excluding carboxylic acids is 1. The first-order valence-electron chi connectivity index (χ1n) is 9.53. The van der Waals surface area contributed by atoms with Crippen molar-refractivity contribution < 1.29 is 31.1 Å². The molecule has 0 radical (unpaired) electrons. The summed E-state index contributed by atoms with van der Waals surface area (Å²) in [5, 5.41) is 2.61. The number of nitrogens with zero attached hydrogens (tertiary/aromatic N) is 1. The number of hydrogen-bond acceptors (Lipinski definition) is 8. The van der Waals surface area contributed by atoms with Crippen molar-refractivity contribution in [2.75, 3.05) is 48.9 Å². The second-order valence-corrected chi connectivity index (χ2v) is 12.2. The molecule has 2 N–H and O–H groups in total. The van der Waals surface area contributed by atoms with E-state index < -0.39 is 25.2 Å². The van der Waals surface area contributed by atoms with Crippen LogP contribution in [0.5, 0.6) is 11.5 Å². The smallest absolute Gasteiger partial charge is 0.319 e. The predicted molar refractivity (Wildman–Crippen MR) is 128 cm³/mol. The van der Waals surface area contributed by atoms with Gasteiger partial charge in [0.1, 0.15) is 0 Å². The Morgan fingerprint density at radius 2 is 1.58 bits per heavy atom. The van der Waals surface area contributed by atoms with E-state index in [1.165, 1.54) is 54.9 Å². The number of halogens is 1. The molecule has 0 saturated carbocycles. The highest BCUT2D eigenvalue weighted by atomic mass is 35.7. The lowest BCUT2D eigenvalue weighted by molar-refractivity contribution is 0.102. The zero-order valence-electron chi connectivity index (χ0n) is 17.7. The number of thioether (sulfide) groups is 1. The number of carbonyl (C=O) groups is 1. The lowest BCUT2D eigenvalue weighted by Crippen LogP contribution is -2.37. The van der Waals surface area contributed by atoms with Crippen LogP contribution in [0.25, 0.3) is 0 Å². The summed E-state index contributed by atoms with van der Waals surface area (Å²) in [6.45, 7) is 0.897. The monoisotopic (exact) mass is 535 g/mol. The summed E-state index contributed by atoms with van der Waals surface area (Å²) in [5.41, 5.74) is 0.101. The molecular weight excluding hydrogens is 514 g/mol. The van der Waals surface area contributed by atoms with Gasteiger partial charge in [-0.1, -0.05) is 0 Å². The molecule has 1 aliphatic heterocycles. The zero-order valence-corrected chi connectivity index (χ0v) is 20.9. The topological polar surface area (TPSA) is 131 Å². The van der Waals surface area contributed by atoms with Crippen LogP contribution in [0, 0.1) is 0 Å². The average Bonchev–Trinajstić information content (AvgIpc) is 2.78. The van der Waals surface area contributed by atoms with Crippen LogP contribution in [-0.4, -0.2) is 65.9 Å². The Labute approximate surface area is 201 Å². The van der Waals surface area contributed by atoms with Gasteiger partial charge in [0, 0.05) is 47.0 Å². The molecule has 180 valence electrons. The molecule has 0 aliphatic carbocycles. The van der Waals surface area contributed by atoms with E-state index in [1.807, 2.05) is 0 Å². The van der Waals surface area contributed by atoms with E-state index in [9.17, 15) is 21.6 Å². The van der Waals surface area contributed by atoms with Gasteiger partial charge in [0.05, 0.1) is 30.4 Å². The summed E-state index contributed by atoms with van der Waals surface area (Å²) in [7, 11) is 0.187. The van der Waals surface area contributed by atoms with Crippen LogP contribution in [0.15, 0.2) is 41.3 Å². The maximum Gasteiger partial charge on any atom is 0.319 e. The SMILES string of the molecule is COc1cc(NS(=O)(=O)Cl)c(C(=O)Nc2ccc(S(=O)(=O)N3CCSCC3)cc2)cc1OC. The van der Waals surface area contributed by atoms with E-state index in [0.29, 0.717) is 18.8 Å². The number of anilines is 2. The minimum absolute atomic E-state index is 0.0839. The standard InChI is InChI=1S/C19H22ClN3O7S3/c1-29-17-11-15(16(12-18(17)30-2)22-33(20,27)28)19(24)21-13-3-5-14(6-4-13)32(25,26)23-7-9-31-10-8-23/h3-6,11-12,22H,7-10H2,1-2H3,(H,21,24). The van der Waals surface area contributed by atoms with Crippen LogP contribution in [0.2, 0.25) is 0 Å². The van der Waals surface area contributed by atoms with Gasteiger partial charge in [-0.15, -0.1) is 0 Å². The Bertz CT molecular complexity index is 1230. The quantitative estimate of drug-likeness (QED) is 0.493. The number of rotatable bonds is 8. The molecule has 33 heavy (non-hydrogen) atoms. The lowest BCUT2D eigenvalue weighted by Gasteiger charge is -2.25. The second-order valence-electron chi connectivity index (χ2n) is 6.79. The van der Waals surface area contributed by atoms with E-state index in [2.05, 4.69) is 10.0 Å². The van der Waals surface area contributed by atoms with Crippen molar-refractivity contribution in [3.05, 3.63) is 42.0 Å². The fourth-order valence-corrected chi connectivity index (χ4v) is 6.38. The zero-order chi connectivity index (χ0) is 24.2. The van der Waals surface area contributed by atoms with Crippen molar-refractivity contribution in [1.29, 1.82) is 0 Å². The van der Waals surface area contributed by atoms with Crippen molar-refractivity contribution in [3.8, 4) is 11.5 Å². The van der Waals surface area contributed by atoms with Crippen LogP contribution in [0.1, 0.15) is 10.4 Å². The molecule has 0 unspecified atom stereocenters. The first kappa shape index (κ1) is 25.4. The number of ether oxygens (including phenoxy) is 2. The summed E-state index contributed by atoms with van der Waals surface area (Å²) in [6, 6.07) is 8.28. The first-order valence-corrected chi connectivity index (χ1v) is 14.4. The Balaban J connectivity index is 1.86. The molecule has 14 heteroatoms. The Morgan fingerprint density at radius 3 is 2.12 bits per heavy atom. The van der Waals surface area contributed by atoms with Gasteiger partial charge < -0.3 is 14.8 Å². The molecule has 2 aromatic rings. The molecule has 0 atom stereocenters. The number of nitrogens with one attached hydrogen (secondary N) is 2. The van der Waals surface area contributed by atoms with Gasteiger partial charge >= 0.3 is 9.24 Å². The maximum atomic E-state index is 12.9. The van der Waals surface area contributed by atoms with Crippen LogP contribution in [0.3, 0.4) is 0 Å². The lowest BCUT2D eigenvalue weighted by atomic mass is 10.1. The number of amides is 1. The molecule has 1 heterocycles. The van der Waals surface area contributed by atoms with Gasteiger partial charge in [0.15, 0.2) is 11.5 Å². The van der Waals surface area contributed by atoms with Gasteiger partial charge in [0.2, 0.25) is 10.0 Å². The number of sulfonamides is 1. The molecule has 10 nitrogen and oxygen atoms in total. The molecule has 2 aromatic carbocycles. The van der Waals surface area contributed by atoms with E-state index in [-0.39, 0.29) is 27.6 Å². The van der Waals surface area contributed by atoms with E-state index in [4.69, 9.17) is 20.2 Å². The highest BCUT2D eigenvalue weighted by molar-refractivity contribution is 8.14. The molecule has 0 bridgehead atoms. The molecule has 3 rings (SSSR count). The molecule has 1 saturated heterocycles. The third kappa shape index (κ3) is 6.23. The molecule has 1 fully saturated rings. The maximum absolute atomic E-state index is 12.9. The highest BCUT2D eigenvalue weighted by Crippen LogP contribution is 2.34. The van der Waals surface area contributed by atoms with Gasteiger partial charge in [-0.3, -0.25) is 9.52 Å². The summed E-state index contributed by atoms with van der Waals surface area (Å²) >= 11 is 1.70. The fourth-order valence-electron chi connectivity index (χ4n) is 3.13. The van der Waals surface area contributed by atoms with Crippen molar-refractivity contribution in [1.82, 2.24) is 4.31 Å². The van der Waals surface area contributed by atoms with Crippen molar-refractivity contribution in [2.45, 2.75) is 4.90 Å². The summed E-state index contributed by atoms with van der Waals surface area (Å²) in [6.07, 6.45) is 0. The largest absolute Gasteiger partial charge is 0.493 e. The molecule has 0 spiro atoms. The second kappa shape index (κ2) is 10.4. The van der Waals surface area contributed by atoms with Gasteiger partial charge in [-0.2, -0.15) is 24.5 Å². The van der Waals surface area contributed by atoms with Gasteiger partial charge in [-0.25, -0.2) is 8.42 Å². The van der Waals surface area contributed by atoms with E-state index >= 15 is 0 Å². The normalized spacial score (nSPS) is 15.0. The van der Waals surface area contributed by atoms with Crippen LogP contribution >= 0.6 is 22.4 Å². The van der Waals surface area contributed by atoms with Gasteiger partial charge in [-0.05, 0) is 30.3 Å². The molecule has 1 amide bonds. The third-order valence-electron chi connectivity index (χ3n) is 4.72.